The maximum atomic E-state index is 11.9. The smallest absolute Gasteiger partial charge is 0.251 e. The molecule has 2 rings (SSSR count). The molecule has 0 spiro atoms. The average Bonchev–Trinajstić information content (AvgIpc) is 2.57. The lowest BCUT2D eigenvalue weighted by Crippen LogP contribution is -2.24. The molecule has 0 bridgehead atoms. The largest absolute Gasteiger partial charge is 0.352 e. The van der Waals surface area contributed by atoms with Crippen molar-refractivity contribution in [3.63, 3.8) is 0 Å². The molecule has 1 amide bonds. The molecule has 0 fully saturated rings. The Balaban J connectivity index is 1.78. The molecule has 0 saturated heterocycles. The second-order valence-electron chi connectivity index (χ2n) is 5.90. The Bertz CT molecular complexity index is 603. The molecule has 0 unspecified atom stereocenters. The minimum Gasteiger partial charge on any atom is -0.352 e. The average molecular weight is 310 g/mol. The highest BCUT2D eigenvalue weighted by atomic mass is 16.1. The summed E-state index contributed by atoms with van der Waals surface area (Å²) in [6.45, 7) is 6.60. The van der Waals surface area contributed by atoms with Gasteiger partial charge in [0.1, 0.15) is 0 Å². The first-order valence-electron chi connectivity index (χ1n) is 8.32. The molecule has 0 atom stereocenters. The van der Waals surface area contributed by atoms with E-state index in [9.17, 15) is 4.79 Å². The molecule has 0 radical (unpaired) electrons. The molecule has 2 aromatic rings. The van der Waals surface area contributed by atoms with Crippen LogP contribution in [0.15, 0.2) is 48.5 Å². The van der Waals surface area contributed by atoms with Crippen molar-refractivity contribution < 1.29 is 4.79 Å². The first-order chi connectivity index (χ1) is 11.2. The van der Waals surface area contributed by atoms with Crippen LogP contribution in [0.5, 0.6) is 0 Å². The minimum atomic E-state index is 0.0117. The molecule has 0 aromatic heterocycles. The van der Waals surface area contributed by atoms with Gasteiger partial charge in [-0.1, -0.05) is 55.3 Å². The van der Waals surface area contributed by atoms with Crippen molar-refractivity contribution in [3.05, 3.63) is 70.8 Å². The molecule has 0 aliphatic carbocycles. The van der Waals surface area contributed by atoms with E-state index in [-0.39, 0.29) is 5.91 Å². The SMILES string of the molecule is CCCCNC(=O)c1ccc(CNCc2ccc(C)cc2)cc1. The van der Waals surface area contributed by atoms with Gasteiger partial charge in [0.2, 0.25) is 0 Å². The van der Waals surface area contributed by atoms with E-state index in [2.05, 4.69) is 48.7 Å². The van der Waals surface area contributed by atoms with Gasteiger partial charge in [0.25, 0.3) is 5.91 Å². The van der Waals surface area contributed by atoms with E-state index in [4.69, 9.17) is 0 Å². The van der Waals surface area contributed by atoms with Gasteiger partial charge in [0.15, 0.2) is 0 Å². The molecule has 0 aliphatic rings. The van der Waals surface area contributed by atoms with Crippen LogP contribution in [0.4, 0.5) is 0 Å². The van der Waals surface area contributed by atoms with Crippen LogP contribution in [-0.2, 0) is 13.1 Å². The summed E-state index contributed by atoms with van der Waals surface area (Å²) >= 11 is 0. The molecule has 3 nitrogen and oxygen atoms in total. The maximum Gasteiger partial charge on any atom is 0.251 e. The number of hydrogen-bond donors (Lipinski definition) is 2. The highest BCUT2D eigenvalue weighted by molar-refractivity contribution is 5.94. The third-order valence-corrected chi connectivity index (χ3v) is 3.81. The molecule has 0 saturated carbocycles. The molecule has 0 heterocycles. The predicted molar refractivity (Wildman–Crippen MR) is 95.4 cm³/mol. The van der Waals surface area contributed by atoms with E-state index >= 15 is 0 Å². The summed E-state index contributed by atoms with van der Waals surface area (Å²) in [5.74, 6) is 0.0117. The molecular formula is C20H26N2O. The third kappa shape index (κ3) is 5.87. The molecule has 0 aliphatic heterocycles. The van der Waals surface area contributed by atoms with Crippen LogP contribution in [-0.4, -0.2) is 12.5 Å². The maximum absolute atomic E-state index is 11.9. The Labute approximate surface area is 139 Å². The van der Waals surface area contributed by atoms with Crippen molar-refractivity contribution >= 4 is 5.91 Å². The number of hydrogen-bond acceptors (Lipinski definition) is 2. The molecule has 3 heteroatoms. The Morgan fingerprint density at radius 1 is 0.913 bits per heavy atom. The number of carbonyl (C=O) groups is 1. The van der Waals surface area contributed by atoms with Crippen LogP contribution in [0.2, 0.25) is 0 Å². The van der Waals surface area contributed by atoms with Crippen LogP contribution in [0.1, 0.15) is 46.8 Å². The number of rotatable bonds is 8. The van der Waals surface area contributed by atoms with E-state index in [1.165, 1.54) is 16.7 Å². The topological polar surface area (TPSA) is 41.1 Å². The summed E-state index contributed by atoms with van der Waals surface area (Å²) in [5, 5.41) is 6.36. The summed E-state index contributed by atoms with van der Waals surface area (Å²) in [4.78, 5) is 11.9. The van der Waals surface area contributed by atoms with Gasteiger partial charge in [0, 0.05) is 25.2 Å². The highest BCUT2D eigenvalue weighted by Gasteiger charge is 2.04. The lowest BCUT2D eigenvalue weighted by molar-refractivity contribution is 0.0953. The minimum absolute atomic E-state index is 0.0117. The van der Waals surface area contributed by atoms with Gasteiger partial charge in [-0.25, -0.2) is 0 Å². The summed E-state index contributed by atoms with van der Waals surface area (Å²) in [6, 6.07) is 16.4. The Hall–Kier alpha value is -2.13. The van der Waals surface area contributed by atoms with Crippen molar-refractivity contribution in [3.8, 4) is 0 Å². The second-order valence-corrected chi connectivity index (χ2v) is 5.90. The van der Waals surface area contributed by atoms with Crippen molar-refractivity contribution in [2.24, 2.45) is 0 Å². The van der Waals surface area contributed by atoms with Gasteiger partial charge in [-0.3, -0.25) is 4.79 Å². The number of benzene rings is 2. The molecule has 2 aromatic carbocycles. The van der Waals surface area contributed by atoms with E-state index < -0.39 is 0 Å². The van der Waals surface area contributed by atoms with Crippen molar-refractivity contribution in [1.82, 2.24) is 10.6 Å². The first-order valence-corrected chi connectivity index (χ1v) is 8.32. The zero-order chi connectivity index (χ0) is 16.5. The Kier molecular flexibility index (Phi) is 6.82. The number of nitrogens with one attached hydrogen (secondary N) is 2. The summed E-state index contributed by atoms with van der Waals surface area (Å²) in [5.41, 5.74) is 4.47. The zero-order valence-corrected chi connectivity index (χ0v) is 14.1. The van der Waals surface area contributed by atoms with Gasteiger partial charge in [-0.2, -0.15) is 0 Å². The number of carbonyl (C=O) groups excluding carboxylic acids is 1. The van der Waals surface area contributed by atoms with E-state index in [1.807, 2.05) is 24.3 Å². The lowest BCUT2D eigenvalue weighted by atomic mass is 10.1. The normalized spacial score (nSPS) is 10.5. The number of unbranched alkanes of at least 4 members (excludes halogenated alkanes) is 1. The summed E-state index contributed by atoms with van der Waals surface area (Å²) in [6.07, 6.45) is 2.11. The van der Waals surface area contributed by atoms with E-state index in [0.717, 1.165) is 38.0 Å². The fourth-order valence-corrected chi connectivity index (χ4v) is 2.31. The van der Waals surface area contributed by atoms with Gasteiger partial charge in [0.05, 0.1) is 0 Å². The van der Waals surface area contributed by atoms with Gasteiger partial charge < -0.3 is 10.6 Å². The highest BCUT2D eigenvalue weighted by Crippen LogP contribution is 2.06. The quantitative estimate of drug-likeness (QED) is 0.728. The van der Waals surface area contributed by atoms with Crippen molar-refractivity contribution in [1.29, 1.82) is 0 Å². The molecule has 122 valence electrons. The molecule has 2 N–H and O–H groups in total. The lowest BCUT2D eigenvalue weighted by Gasteiger charge is -2.07. The monoisotopic (exact) mass is 310 g/mol. The van der Waals surface area contributed by atoms with Crippen molar-refractivity contribution in [2.45, 2.75) is 39.8 Å². The Morgan fingerprint density at radius 2 is 1.48 bits per heavy atom. The van der Waals surface area contributed by atoms with Gasteiger partial charge >= 0.3 is 0 Å². The van der Waals surface area contributed by atoms with Crippen LogP contribution >= 0.6 is 0 Å². The van der Waals surface area contributed by atoms with Gasteiger partial charge in [-0.15, -0.1) is 0 Å². The first kappa shape index (κ1) is 17.2. The third-order valence-electron chi connectivity index (χ3n) is 3.81. The van der Waals surface area contributed by atoms with Crippen LogP contribution in [0.3, 0.4) is 0 Å². The molecular weight excluding hydrogens is 284 g/mol. The summed E-state index contributed by atoms with van der Waals surface area (Å²) in [7, 11) is 0. The number of amides is 1. The predicted octanol–water partition coefficient (Wildman–Crippen LogP) is 3.81. The van der Waals surface area contributed by atoms with Gasteiger partial charge in [-0.05, 0) is 36.6 Å². The fourth-order valence-electron chi connectivity index (χ4n) is 2.31. The van der Waals surface area contributed by atoms with E-state index in [0.29, 0.717) is 0 Å². The standard InChI is InChI=1S/C20H26N2O/c1-3-4-13-22-20(23)19-11-9-18(10-12-19)15-21-14-17-7-5-16(2)6-8-17/h5-12,21H,3-4,13-15H2,1-2H3,(H,22,23). The second kappa shape index (κ2) is 9.11. The van der Waals surface area contributed by atoms with Crippen LogP contribution in [0.25, 0.3) is 0 Å². The fraction of sp³-hybridized carbons (Fsp3) is 0.350. The van der Waals surface area contributed by atoms with Crippen molar-refractivity contribution in [2.75, 3.05) is 6.54 Å². The molecule has 23 heavy (non-hydrogen) atoms. The Morgan fingerprint density at radius 3 is 2.04 bits per heavy atom. The zero-order valence-electron chi connectivity index (χ0n) is 14.1. The summed E-state index contributed by atoms with van der Waals surface area (Å²) < 4.78 is 0. The van der Waals surface area contributed by atoms with Crippen LogP contribution < -0.4 is 10.6 Å². The number of aryl methyl sites for hydroxylation is 1. The van der Waals surface area contributed by atoms with E-state index in [1.54, 1.807) is 0 Å². The van der Waals surface area contributed by atoms with Crippen LogP contribution in [0, 0.1) is 6.92 Å².